The van der Waals surface area contributed by atoms with E-state index in [2.05, 4.69) is 24.5 Å². The van der Waals surface area contributed by atoms with Crippen LogP contribution in [0.4, 0.5) is 5.82 Å². The van der Waals surface area contributed by atoms with Crippen molar-refractivity contribution in [3.05, 3.63) is 53.6 Å². The normalized spacial score (nSPS) is 17.2. The van der Waals surface area contributed by atoms with E-state index >= 15 is 0 Å². The summed E-state index contributed by atoms with van der Waals surface area (Å²) in [7, 11) is 1.93. The highest BCUT2D eigenvalue weighted by molar-refractivity contribution is 7.97. The number of hydrogen-bond acceptors (Lipinski definition) is 7. The van der Waals surface area contributed by atoms with Crippen LogP contribution in [0.25, 0.3) is 0 Å². The van der Waals surface area contributed by atoms with Crippen molar-refractivity contribution in [1.29, 1.82) is 0 Å². The quantitative estimate of drug-likeness (QED) is 0.626. The van der Waals surface area contributed by atoms with E-state index in [0.29, 0.717) is 12.2 Å². The van der Waals surface area contributed by atoms with Crippen molar-refractivity contribution in [3.8, 4) is 0 Å². The van der Waals surface area contributed by atoms with E-state index in [4.69, 9.17) is 5.73 Å². The zero-order valence-corrected chi connectivity index (χ0v) is 19.6. The summed E-state index contributed by atoms with van der Waals surface area (Å²) in [5.41, 5.74) is 9.19. The molecule has 0 atom stereocenters. The van der Waals surface area contributed by atoms with Gasteiger partial charge in [0.1, 0.15) is 11.5 Å². The van der Waals surface area contributed by atoms with E-state index in [1.165, 1.54) is 19.0 Å². The van der Waals surface area contributed by atoms with Gasteiger partial charge in [-0.1, -0.05) is 6.07 Å². The van der Waals surface area contributed by atoms with Crippen molar-refractivity contribution in [2.24, 2.45) is 17.8 Å². The first-order valence-electron chi connectivity index (χ1n) is 11.0. The number of nitrogens with one attached hydrogen (secondary N) is 1. The topological polar surface area (TPSA) is 91.8 Å². The van der Waals surface area contributed by atoms with Crippen LogP contribution >= 0.6 is 11.9 Å². The van der Waals surface area contributed by atoms with Gasteiger partial charge >= 0.3 is 0 Å². The van der Waals surface area contributed by atoms with Crippen molar-refractivity contribution < 1.29 is 4.79 Å². The van der Waals surface area contributed by atoms with E-state index in [0.717, 1.165) is 60.4 Å². The first-order chi connectivity index (χ1) is 15.5. The number of amides is 1. The SMILES string of the molecule is Cc1c(SN2CCN=C(/C=C\N)C2)cc(C(=O)NCc2ccc(N3CCCC3)nc2)n1C. The Balaban J connectivity index is 1.36. The summed E-state index contributed by atoms with van der Waals surface area (Å²) in [5.74, 6) is 0.934. The van der Waals surface area contributed by atoms with Crippen LogP contribution < -0.4 is 16.0 Å². The molecule has 170 valence electrons. The molecule has 0 bridgehead atoms. The van der Waals surface area contributed by atoms with Gasteiger partial charge in [0.25, 0.3) is 5.91 Å². The van der Waals surface area contributed by atoms with Gasteiger partial charge in [0, 0.05) is 50.0 Å². The Morgan fingerprint density at radius 1 is 1.28 bits per heavy atom. The van der Waals surface area contributed by atoms with Gasteiger partial charge in [-0.25, -0.2) is 9.29 Å². The summed E-state index contributed by atoms with van der Waals surface area (Å²) < 4.78 is 4.20. The van der Waals surface area contributed by atoms with Crippen LogP contribution in [-0.2, 0) is 13.6 Å². The minimum atomic E-state index is -0.0852. The Bertz CT molecular complexity index is 1010. The van der Waals surface area contributed by atoms with Gasteiger partial charge in [-0.3, -0.25) is 9.79 Å². The van der Waals surface area contributed by atoms with Crippen molar-refractivity contribution in [2.45, 2.75) is 31.2 Å². The summed E-state index contributed by atoms with van der Waals surface area (Å²) in [4.78, 5) is 25.3. The highest BCUT2D eigenvalue weighted by Crippen LogP contribution is 2.29. The maximum Gasteiger partial charge on any atom is 0.268 e. The fraction of sp³-hybridized carbons (Fsp3) is 0.435. The van der Waals surface area contributed by atoms with E-state index in [1.807, 2.05) is 49.0 Å². The van der Waals surface area contributed by atoms with Crippen molar-refractivity contribution in [3.63, 3.8) is 0 Å². The smallest absolute Gasteiger partial charge is 0.268 e. The molecule has 0 saturated carbocycles. The summed E-state index contributed by atoms with van der Waals surface area (Å²) in [6.07, 6.45) is 7.69. The number of rotatable bonds is 7. The number of nitrogens with two attached hydrogens (primary N) is 1. The molecule has 2 aromatic rings. The molecule has 2 aliphatic rings. The molecule has 1 fully saturated rings. The van der Waals surface area contributed by atoms with Crippen LogP contribution in [0.5, 0.6) is 0 Å². The average Bonchev–Trinajstić information content (AvgIpc) is 3.43. The number of hydrogen-bond donors (Lipinski definition) is 2. The number of anilines is 1. The molecular formula is C23H31N7OS. The maximum absolute atomic E-state index is 12.9. The molecule has 0 spiro atoms. The lowest BCUT2D eigenvalue weighted by atomic mass is 10.2. The van der Waals surface area contributed by atoms with E-state index in [-0.39, 0.29) is 5.91 Å². The summed E-state index contributed by atoms with van der Waals surface area (Å²) >= 11 is 1.66. The Labute approximate surface area is 193 Å². The first kappa shape index (κ1) is 22.4. The van der Waals surface area contributed by atoms with Gasteiger partial charge in [0.05, 0.1) is 18.8 Å². The zero-order chi connectivity index (χ0) is 22.5. The lowest BCUT2D eigenvalue weighted by Gasteiger charge is -2.24. The minimum absolute atomic E-state index is 0.0852. The summed E-state index contributed by atoms with van der Waals surface area (Å²) in [6.45, 7) is 6.99. The fourth-order valence-corrected chi connectivity index (χ4v) is 5.04. The number of aromatic nitrogens is 2. The third-order valence-corrected chi connectivity index (χ3v) is 7.11. The predicted octanol–water partition coefficient (Wildman–Crippen LogP) is 2.49. The molecule has 1 amide bonds. The fourth-order valence-electron chi connectivity index (χ4n) is 3.96. The molecule has 3 N–H and O–H groups in total. The first-order valence-corrected chi connectivity index (χ1v) is 11.8. The van der Waals surface area contributed by atoms with Crippen LogP contribution in [-0.4, -0.2) is 58.2 Å². The Hall–Kier alpha value is -2.78. The molecule has 0 radical (unpaired) electrons. The molecule has 0 unspecified atom stereocenters. The van der Waals surface area contributed by atoms with Crippen molar-refractivity contribution >= 4 is 29.4 Å². The van der Waals surface area contributed by atoms with Crippen LogP contribution in [0.1, 0.15) is 34.6 Å². The molecule has 0 aromatic carbocycles. The predicted molar refractivity (Wildman–Crippen MR) is 130 cm³/mol. The zero-order valence-electron chi connectivity index (χ0n) is 18.8. The molecular weight excluding hydrogens is 422 g/mol. The maximum atomic E-state index is 12.9. The van der Waals surface area contributed by atoms with E-state index in [1.54, 1.807) is 11.9 Å². The summed E-state index contributed by atoms with van der Waals surface area (Å²) in [5, 5.41) is 3.03. The lowest BCUT2D eigenvalue weighted by molar-refractivity contribution is 0.0942. The van der Waals surface area contributed by atoms with E-state index < -0.39 is 0 Å². The Kier molecular flexibility index (Phi) is 7.16. The van der Waals surface area contributed by atoms with Gasteiger partial charge in [0.2, 0.25) is 0 Å². The minimum Gasteiger partial charge on any atom is -0.405 e. The highest BCUT2D eigenvalue weighted by Gasteiger charge is 2.20. The monoisotopic (exact) mass is 453 g/mol. The second-order valence-corrected chi connectivity index (χ2v) is 9.27. The third-order valence-electron chi connectivity index (χ3n) is 5.93. The number of nitrogens with zero attached hydrogens (tertiary/aromatic N) is 5. The molecule has 9 heteroatoms. The van der Waals surface area contributed by atoms with Crippen LogP contribution in [0.15, 0.2) is 46.6 Å². The van der Waals surface area contributed by atoms with Gasteiger partial charge in [-0.2, -0.15) is 0 Å². The largest absolute Gasteiger partial charge is 0.405 e. The average molecular weight is 454 g/mol. The van der Waals surface area contributed by atoms with E-state index in [9.17, 15) is 4.79 Å². The van der Waals surface area contributed by atoms with Gasteiger partial charge < -0.3 is 20.5 Å². The number of aliphatic imine (C=N–C) groups is 1. The van der Waals surface area contributed by atoms with Crippen LogP contribution in [0, 0.1) is 6.92 Å². The van der Waals surface area contributed by atoms with Gasteiger partial charge in [-0.05, 0) is 61.7 Å². The third kappa shape index (κ3) is 5.16. The molecule has 2 aromatic heterocycles. The number of pyridine rings is 1. The molecule has 32 heavy (non-hydrogen) atoms. The lowest BCUT2D eigenvalue weighted by Crippen LogP contribution is -2.30. The second-order valence-electron chi connectivity index (χ2n) is 8.13. The van der Waals surface area contributed by atoms with Gasteiger partial charge in [0.15, 0.2) is 0 Å². The standard InChI is InChI=1S/C23H31N7OS/c1-17-21(32-30-12-9-25-19(16-30)7-8-24)13-20(28(17)2)23(31)27-15-18-5-6-22(26-14-18)29-10-3-4-11-29/h5-8,13-14H,3-4,9-12,15-16,24H2,1-2H3,(H,27,31)/b8-7-. The molecule has 8 nitrogen and oxygen atoms in total. The molecule has 0 aliphatic carbocycles. The molecule has 1 saturated heterocycles. The highest BCUT2D eigenvalue weighted by atomic mass is 32.2. The number of carbonyl (C=O) groups is 1. The molecule has 2 aliphatic heterocycles. The Morgan fingerprint density at radius 3 is 2.81 bits per heavy atom. The molecule has 4 rings (SSSR count). The Morgan fingerprint density at radius 2 is 2.09 bits per heavy atom. The van der Waals surface area contributed by atoms with Crippen LogP contribution in [0.3, 0.4) is 0 Å². The second kappa shape index (κ2) is 10.2. The van der Waals surface area contributed by atoms with Crippen LogP contribution in [0.2, 0.25) is 0 Å². The number of carbonyl (C=O) groups excluding carboxylic acids is 1. The van der Waals surface area contributed by atoms with Crippen molar-refractivity contribution in [2.75, 3.05) is 37.6 Å². The van der Waals surface area contributed by atoms with Gasteiger partial charge in [-0.15, -0.1) is 0 Å². The van der Waals surface area contributed by atoms with Crippen molar-refractivity contribution in [1.82, 2.24) is 19.2 Å². The summed E-state index contributed by atoms with van der Waals surface area (Å²) in [6, 6.07) is 6.06. The molecule has 4 heterocycles.